The summed E-state index contributed by atoms with van der Waals surface area (Å²) >= 11 is 1.75. The van der Waals surface area contributed by atoms with Gasteiger partial charge in [0.05, 0.1) is 16.4 Å². The molecule has 2 heterocycles. The normalized spacial score (nSPS) is 13.9. The van der Waals surface area contributed by atoms with Crippen LogP contribution in [-0.4, -0.2) is 50.1 Å². The molecule has 0 saturated carbocycles. The third-order valence-corrected chi connectivity index (χ3v) is 5.72. The van der Waals surface area contributed by atoms with Gasteiger partial charge >= 0.3 is 0 Å². The van der Waals surface area contributed by atoms with Crippen LogP contribution in [0.5, 0.6) is 5.75 Å². The number of hydrogen-bond donors (Lipinski definition) is 2. The number of ether oxygens (including phenoxy) is 1. The maximum atomic E-state index is 12.2. The Morgan fingerprint density at radius 2 is 2.07 bits per heavy atom. The molecule has 8 heteroatoms. The average molecular weight is 402 g/mol. The molecule has 2 aromatic rings. The lowest BCUT2D eigenvalue weighted by Crippen LogP contribution is -2.42. The SMILES string of the molecule is CN=C(NCCCN1C(=O)COc2ccccc21)NCCc1nc(C)c(C)s1. The van der Waals surface area contributed by atoms with E-state index in [1.54, 1.807) is 23.3 Å². The summed E-state index contributed by atoms with van der Waals surface area (Å²) in [6.45, 7) is 6.39. The number of aryl methyl sites for hydroxylation is 2. The summed E-state index contributed by atoms with van der Waals surface area (Å²) in [6.07, 6.45) is 1.69. The molecule has 3 rings (SSSR count). The van der Waals surface area contributed by atoms with Crippen molar-refractivity contribution in [2.75, 3.05) is 38.2 Å². The fourth-order valence-electron chi connectivity index (χ4n) is 3.00. The van der Waals surface area contributed by atoms with E-state index in [0.717, 1.165) is 54.0 Å². The zero-order valence-corrected chi connectivity index (χ0v) is 17.4. The van der Waals surface area contributed by atoms with E-state index in [1.807, 2.05) is 31.2 Å². The van der Waals surface area contributed by atoms with E-state index >= 15 is 0 Å². The highest BCUT2D eigenvalue weighted by Crippen LogP contribution is 2.31. The van der Waals surface area contributed by atoms with E-state index in [1.165, 1.54) is 4.88 Å². The number of nitrogens with one attached hydrogen (secondary N) is 2. The van der Waals surface area contributed by atoms with Crippen LogP contribution in [0.3, 0.4) is 0 Å². The summed E-state index contributed by atoms with van der Waals surface area (Å²) in [5.41, 5.74) is 1.96. The molecule has 28 heavy (non-hydrogen) atoms. The van der Waals surface area contributed by atoms with Crippen LogP contribution >= 0.6 is 11.3 Å². The van der Waals surface area contributed by atoms with Crippen molar-refractivity contribution in [1.82, 2.24) is 15.6 Å². The van der Waals surface area contributed by atoms with Crippen LogP contribution in [0.1, 0.15) is 22.0 Å². The van der Waals surface area contributed by atoms with Gasteiger partial charge in [0.15, 0.2) is 12.6 Å². The highest BCUT2D eigenvalue weighted by Gasteiger charge is 2.24. The molecule has 0 spiro atoms. The number of benzene rings is 1. The van der Waals surface area contributed by atoms with Gasteiger partial charge in [-0.2, -0.15) is 0 Å². The predicted octanol–water partition coefficient (Wildman–Crippen LogP) is 2.28. The summed E-state index contributed by atoms with van der Waals surface area (Å²) in [7, 11) is 1.76. The van der Waals surface area contributed by atoms with Gasteiger partial charge in [0.25, 0.3) is 5.91 Å². The molecule has 0 atom stereocenters. The van der Waals surface area contributed by atoms with Gasteiger partial charge in [-0.15, -0.1) is 11.3 Å². The second-order valence-corrected chi connectivity index (χ2v) is 7.87. The molecule has 1 aromatic carbocycles. The maximum absolute atomic E-state index is 12.2. The number of thiazole rings is 1. The average Bonchev–Trinajstić information content (AvgIpc) is 3.02. The van der Waals surface area contributed by atoms with Gasteiger partial charge in [-0.05, 0) is 32.4 Å². The van der Waals surface area contributed by atoms with E-state index in [2.05, 4.69) is 27.5 Å². The van der Waals surface area contributed by atoms with Crippen molar-refractivity contribution in [1.29, 1.82) is 0 Å². The fourth-order valence-corrected chi connectivity index (χ4v) is 3.93. The molecule has 150 valence electrons. The highest BCUT2D eigenvalue weighted by molar-refractivity contribution is 7.11. The van der Waals surface area contributed by atoms with Crippen molar-refractivity contribution in [3.05, 3.63) is 39.8 Å². The molecule has 0 saturated heterocycles. The van der Waals surface area contributed by atoms with Crippen molar-refractivity contribution in [2.24, 2.45) is 4.99 Å². The Labute approximate surface area is 169 Å². The molecular formula is C20H27N5O2S. The molecule has 1 amide bonds. The number of fused-ring (bicyclic) bond motifs is 1. The second-order valence-electron chi connectivity index (χ2n) is 6.58. The zero-order chi connectivity index (χ0) is 19.9. The van der Waals surface area contributed by atoms with Crippen molar-refractivity contribution in [3.63, 3.8) is 0 Å². The topological polar surface area (TPSA) is 78.9 Å². The molecule has 0 radical (unpaired) electrons. The first kappa shape index (κ1) is 20.1. The number of amides is 1. The third kappa shape index (κ3) is 5.01. The molecule has 7 nitrogen and oxygen atoms in total. The summed E-state index contributed by atoms with van der Waals surface area (Å²) in [5, 5.41) is 7.76. The maximum Gasteiger partial charge on any atom is 0.265 e. The monoisotopic (exact) mass is 401 g/mol. The van der Waals surface area contributed by atoms with Crippen LogP contribution in [0.15, 0.2) is 29.3 Å². The van der Waals surface area contributed by atoms with Gasteiger partial charge in [0, 0.05) is 38.0 Å². The Morgan fingerprint density at radius 1 is 1.29 bits per heavy atom. The summed E-state index contributed by atoms with van der Waals surface area (Å²) in [6, 6.07) is 7.65. The second kappa shape index (κ2) is 9.54. The first-order chi connectivity index (χ1) is 13.6. The number of hydrogen-bond acceptors (Lipinski definition) is 5. The minimum Gasteiger partial charge on any atom is -0.482 e. The van der Waals surface area contributed by atoms with Crippen molar-refractivity contribution in [3.8, 4) is 5.75 Å². The summed E-state index contributed by atoms with van der Waals surface area (Å²) < 4.78 is 5.48. The standard InChI is InChI=1S/C20H27N5O2S/c1-14-15(2)28-18(24-14)9-11-23-20(21-3)22-10-6-12-25-16-7-4-5-8-17(16)27-13-19(25)26/h4-5,7-8H,6,9-13H2,1-3H3,(H2,21,22,23). The van der Waals surface area contributed by atoms with Gasteiger partial charge < -0.3 is 20.3 Å². The Kier molecular flexibility index (Phi) is 6.86. The zero-order valence-electron chi connectivity index (χ0n) is 16.6. The van der Waals surface area contributed by atoms with Crippen LogP contribution in [0.4, 0.5) is 5.69 Å². The predicted molar refractivity (Wildman–Crippen MR) is 114 cm³/mol. The number of para-hydroxylation sites is 2. The number of guanidine groups is 1. The first-order valence-corrected chi connectivity index (χ1v) is 10.3. The molecule has 0 bridgehead atoms. The minimum absolute atomic E-state index is 0.00441. The number of aromatic nitrogens is 1. The van der Waals surface area contributed by atoms with Crippen LogP contribution in [0.2, 0.25) is 0 Å². The Bertz CT molecular complexity index is 829. The number of rotatable bonds is 7. The lowest BCUT2D eigenvalue weighted by atomic mass is 10.2. The lowest BCUT2D eigenvalue weighted by molar-refractivity contribution is -0.121. The third-order valence-electron chi connectivity index (χ3n) is 4.59. The minimum atomic E-state index is -0.00441. The number of anilines is 1. The molecule has 2 N–H and O–H groups in total. The number of carbonyl (C=O) groups is 1. The van der Waals surface area contributed by atoms with Crippen molar-refractivity contribution >= 4 is 28.9 Å². The van der Waals surface area contributed by atoms with Crippen LogP contribution in [0.25, 0.3) is 0 Å². The molecule has 0 unspecified atom stereocenters. The fraction of sp³-hybridized carbons (Fsp3) is 0.450. The van der Waals surface area contributed by atoms with Crippen LogP contribution in [0, 0.1) is 13.8 Å². The number of aliphatic imine (C=N–C) groups is 1. The smallest absolute Gasteiger partial charge is 0.265 e. The van der Waals surface area contributed by atoms with Gasteiger partial charge in [0.1, 0.15) is 5.75 Å². The molecule has 1 aliphatic rings. The van der Waals surface area contributed by atoms with Crippen molar-refractivity contribution in [2.45, 2.75) is 26.7 Å². The molecule has 1 aliphatic heterocycles. The summed E-state index contributed by atoms with van der Waals surface area (Å²) in [5.74, 6) is 1.52. The van der Waals surface area contributed by atoms with E-state index in [0.29, 0.717) is 6.54 Å². The molecule has 0 aliphatic carbocycles. The van der Waals surface area contributed by atoms with E-state index in [-0.39, 0.29) is 12.5 Å². The van der Waals surface area contributed by atoms with E-state index < -0.39 is 0 Å². The number of nitrogens with zero attached hydrogens (tertiary/aromatic N) is 3. The summed E-state index contributed by atoms with van der Waals surface area (Å²) in [4.78, 5) is 24.1. The lowest BCUT2D eigenvalue weighted by Gasteiger charge is -2.29. The quantitative estimate of drug-likeness (QED) is 0.423. The molecular weight excluding hydrogens is 374 g/mol. The molecule has 1 aromatic heterocycles. The largest absolute Gasteiger partial charge is 0.482 e. The Morgan fingerprint density at radius 3 is 2.82 bits per heavy atom. The van der Waals surface area contributed by atoms with E-state index in [4.69, 9.17) is 4.74 Å². The Balaban J connectivity index is 1.41. The van der Waals surface area contributed by atoms with Gasteiger partial charge in [-0.1, -0.05) is 12.1 Å². The van der Waals surface area contributed by atoms with Crippen LogP contribution in [-0.2, 0) is 11.2 Å². The van der Waals surface area contributed by atoms with Crippen molar-refractivity contribution < 1.29 is 9.53 Å². The van der Waals surface area contributed by atoms with E-state index in [9.17, 15) is 4.79 Å². The molecule has 0 fully saturated rings. The highest BCUT2D eigenvalue weighted by atomic mass is 32.1. The van der Waals surface area contributed by atoms with Crippen LogP contribution < -0.4 is 20.3 Å². The Hall–Kier alpha value is -2.61. The number of carbonyl (C=O) groups excluding carboxylic acids is 1. The van der Waals surface area contributed by atoms with Gasteiger partial charge in [-0.3, -0.25) is 9.79 Å². The van der Waals surface area contributed by atoms with Gasteiger partial charge in [0.2, 0.25) is 0 Å². The first-order valence-electron chi connectivity index (χ1n) is 9.48. The van der Waals surface area contributed by atoms with Gasteiger partial charge in [-0.25, -0.2) is 4.98 Å².